The molecule has 0 atom stereocenters. The Morgan fingerprint density at radius 1 is 1.32 bits per heavy atom. The number of benzene rings is 2. The zero-order chi connectivity index (χ0) is 16.1. The summed E-state index contributed by atoms with van der Waals surface area (Å²) in [5.41, 5.74) is 2.32. The van der Waals surface area contributed by atoms with Gasteiger partial charge in [0.05, 0.1) is 4.92 Å². The van der Waals surface area contributed by atoms with Crippen LogP contribution in [-0.4, -0.2) is 10.0 Å². The quantitative estimate of drug-likeness (QED) is 0.501. The van der Waals surface area contributed by atoms with Crippen LogP contribution in [0.25, 0.3) is 0 Å². The van der Waals surface area contributed by atoms with Crippen LogP contribution in [0.3, 0.4) is 0 Å². The minimum absolute atomic E-state index is 0.0731. The van der Waals surface area contributed by atoms with Crippen molar-refractivity contribution in [2.24, 2.45) is 0 Å². The monoisotopic (exact) mass is 335 g/mol. The Morgan fingerprint density at radius 2 is 2.00 bits per heavy atom. The van der Waals surface area contributed by atoms with Crippen LogP contribution in [0.1, 0.15) is 11.1 Å². The Kier molecular flexibility index (Phi) is 5.30. The molecule has 0 aromatic heterocycles. The van der Waals surface area contributed by atoms with Gasteiger partial charge < -0.3 is 10.6 Å². The Morgan fingerprint density at radius 3 is 2.64 bits per heavy atom. The largest absolute Gasteiger partial charge is 0.358 e. The molecule has 0 heterocycles. The fourth-order valence-corrected chi connectivity index (χ4v) is 2.30. The molecule has 5 nitrogen and oxygen atoms in total. The van der Waals surface area contributed by atoms with Crippen LogP contribution in [0.5, 0.6) is 0 Å². The number of rotatable bonds is 4. The molecule has 0 saturated heterocycles. The Hall–Kier alpha value is -2.18. The number of thiocarbonyl (C=S) groups is 1. The number of nitrogens with zero attached hydrogens (tertiary/aromatic N) is 1. The van der Waals surface area contributed by atoms with Crippen molar-refractivity contribution in [3.05, 3.63) is 68.7 Å². The van der Waals surface area contributed by atoms with E-state index in [0.717, 1.165) is 5.56 Å². The van der Waals surface area contributed by atoms with Gasteiger partial charge in [-0.05, 0) is 36.3 Å². The standard InChI is InChI=1S/C15H14ClN3O2S/c1-10-7-14(19(20)21)12(16)8-13(10)18-15(22)17-9-11-5-3-2-4-6-11/h2-8H,9H2,1H3,(H2,17,18,22). The fourth-order valence-electron chi connectivity index (χ4n) is 1.89. The average molecular weight is 336 g/mol. The molecule has 0 fully saturated rings. The minimum Gasteiger partial charge on any atom is -0.358 e. The van der Waals surface area contributed by atoms with Crippen LogP contribution in [-0.2, 0) is 6.54 Å². The summed E-state index contributed by atoms with van der Waals surface area (Å²) in [4.78, 5) is 10.3. The highest BCUT2D eigenvalue weighted by Crippen LogP contribution is 2.30. The number of nitro groups is 1. The van der Waals surface area contributed by atoms with E-state index in [9.17, 15) is 10.1 Å². The number of nitrogens with one attached hydrogen (secondary N) is 2. The number of aryl methyl sites for hydroxylation is 1. The molecule has 0 amide bonds. The van der Waals surface area contributed by atoms with E-state index in [-0.39, 0.29) is 10.7 Å². The molecule has 2 N–H and O–H groups in total. The molecule has 0 saturated carbocycles. The van der Waals surface area contributed by atoms with Crippen molar-refractivity contribution in [3.8, 4) is 0 Å². The molecule has 22 heavy (non-hydrogen) atoms. The third-order valence-electron chi connectivity index (χ3n) is 3.03. The first-order chi connectivity index (χ1) is 10.5. The normalized spacial score (nSPS) is 10.1. The van der Waals surface area contributed by atoms with Crippen molar-refractivity contribution >= 4 is 40.3 Å². The van der Waals surface area contributed by atoms with E-state index in [1.165, 1.54) is 12.1 Å². The van der Waals surface area contributed by atoms with Crippen LogP contribution >= 0.6 is 23.8 Å². The van der Waals surface area contributed by atoms with Gasteiger partial charge in [0.1, 0.15) is 5.02 Å². The maximum Gasteiger partial charge on any atom is 0.288 e. The molecule has 0 bridgehead atoms. The first-order valence-corrected chi connectivity index (χ1v) is 7.29. The van der Waals surface area contributed by atoms with Crippen molar-refractivity contribution in [1.82, 2.24) is 5.32 Å². The molecule has 0 radical (unpaired) electrons. The van der Waals surface area contributed by atoms with Crippen LogP contribution in [0, 0.1) is 17.0 Å². The molecule has 7 heteroatoms. The lowest BCUT2D eigenvalue weighted by molar-refractivity contribution is -0.384. The van der Waals surface area contributed by atoms with Crippen LogP contribution in [0.4, 0.5) is 11.4 Å². The molecule has 0 aliphatic rings. The second-order valence-electron chi connectivity index (χ2n) is 4.67. The predicted octanol–water partition coefficient (Wildman–Crippen LogP) is 4.04. The fraction of sp³-hybridized carbons (Fsp3) is 0.133. The molecule has 0 aliphatic carbocycles. The maximum absolute atomic E-state index is 10.8. The topological polar surface area (TPSA) is 67.2 Å². The molecule has 0 spiro atoms. The Balaban J connectivity index is 2.02. The van der Waals surface area contributed by atoms with E-state index in [1.54, 1.807) is 6.92 Å². The lowest BCUT2D eigenvalue weighted by atomic mass is 10.2. The summed E-state index contributed by atoms with van der Waals surface area (Å²) in [7, 11) is 0. The van der Waals surface area contributed by atoms with Crippen LogP contribution in [0.2, 0.25) is 5.02 Å². The van der Waals surface area contributed by atoms with Crippen LogP contribution in [0.15, 0.2) is 42.5 Å². The van der Waals surface area contributed by atoms with Crippen molar-refractivity contribution < 1.29 is 4.92 Å². The number of hydrogen-bond donors (Lipinski definition) is 2. The molecule has 2 rings (SSSR count). The third-order valence-corrected chi connectivity index (χ3v) is 3.58. The maximum atomic E-state index is 10.8. The number of hydrogen-bond acceptors (Lipinski definition) is 3. The highest BCUT2D eigenvalue weighted by Gasteiger charge is 2.15. The second-order valence-corrected chi connectivity index (χ2v) is 5.48. The summed E-state index contributed by atoms with van der Waals surface area (Å²) in [6.45, 7) is 2.35. The van der Waals surface area contributed by atoms with Gasteiger partial charge in [0, 0.05) is 18.3 Å². The summed E-state index contributed by atoms with van der Waals surface area (Å²) in [6, 6.07) is 12.8. The molecule has 2 aromatic rings. The van der Waals surface area contributed by atoms with Gasteiger partial charge >= 0.3 is 0 Å². The average Bonchev–Trinajstić information content (AvgIpc) is 2.49. The third kappa shape index (κ3) is 4.16. The zero-order valence-electron chi connectivity index (χ0n) is 11.8. The highest BCUT2D eigenvalue weighted by atomic mass is 35.5. The van der Waals surface area contributed by atoms with Gasteiger partial charge in [-0.2, -0.15) is 0 Å². The molecule has 0 unspecified atom stereocenters. The van der Waals surface area contributed by atoms with Crippen molar-refractivity contribution in [2.45, 2.75) is 13.5 Å². The molecule has 114 valence electrons. The number of halogens is 1. The first kappa shape index (κ1) is 16.2. The number of nitro benzene ring substituents is 1. The van der Waals surface area contributed by atoms with Gasteiger partial charge in [0.2, 0.25) is 0 Å². The summed E-state index contributed by atoms with van der Waals surface area (Å²) < 4.78 is 0. The smallest absolute Gasteiger partial charge is 0.288 e. The van der Waals surface area contributed by atoms with E-state index < -0.39 is 4.92 Å². The van der Waals surface area contributed by atoms with E-state index in [4.69, 9.17) is 23.8 Å². The lowest BCUT2D eigenvalue weighted by Gasteiger charge is -2.13. The summed E-state index contributed by atoms with van der Waals surface area (Å²) in [5.74, 6) is 0. The van der Waals surface area contributed by atoms with Crippen LogP contribution < -0.4 is 10.6 Å². The summed E-state index contributed by atoms with van der Waals surface area (Å²) in [6.07, 6.45) is 0. The van der Waals surface area contributed by atoms with Crippen molar-refractivity contribution in [2.75, 3.05) is 5.32 Å². The van der Waals surface area contributed by atoms with Gasteiger partial charge in [0.25, 0.3) is 5.69 Å². The van der Waals surface area contributed by atoms with Crippen molar-refractivity contribution in [1.29, 1.82) is 0 Å². The van der Waals surface area contributed by atoms with Gasteiger partial charge in [-0.3, -0.25) is 10.1 Å². The highest BCUT2D eigenvalue weighted by molar-refractivity contribution is 7.80. The van der Waals surface area contributed by atoms with E-state index in [1.807, 2.05) is 30.3 Å². The second kappa shape index (κ2) is 7.20. The summed E-state index contributed by atoms with van der Waals surface area (Å²) in [5, 5.41) is 17.4. The summed E-state index contributed by atoms with van der Waals surface area (Å²) >= 11 is 11.1. The van der Waals surface area contributed by atoms with E-state index in [2.05, 4.69) is 10.6 Å². The Bertz CT molecular complexity index is 707. The van der Waals surface area contributed by atoms with Crippen molar-refractivity contribution in [3.63, 3.8) is 0 Å². The first-order valence-electron chi connectivity index (χ1n) is 6.50. The molecule has 0 aliphatic heterocycles. The lowest BCUT2D eigenvalue weighted by Crippen LogP contribution is -2.28. The van der Waals surface area contributed by atoms with Gasteiger partial charge in [0.15, 0.2) is 5.11 Å². The predicted molar refractivity (Wildman–Crippen MR) is 92.3 cm³/mol. The Labute approximate surface area is 138 Å². The van der Waals surface area contributed by atoms with Gasteiger partial charge in [-0.1, -0.05) is 41.9 Å². The van der Waals surface area contributed by atoms with E-state index >= 15 is 0 Å². The van der Waals surface area contributed by atoms with Gasteiger partial charge in [-0.25, -0.2) is 0 Å². The molecular weight excluding hydrogens is 322 g/mol. The molecule has 2 aromatic carbocycles. The van der Waals surface area contributed by atoms with Gasteiger partial charge in [-0.15, -0.1) is 0 Å². The minimum atomic E-state index is -0.509. The zero-order valence-corrected chi connectivity index (χ0v) is 13.4. The van der Waals surface area contributed by atoms with E-state index in [0.29, 0.717) is 22.9 Å². The number of anilines is 1. The SMILES string of the molecule is Cc1cc([N+](=O)[O-])c(Cl)cc1NC(=S)NCc1ccccc1. The molecular formula is C15H14ClN3O2S.